The standard InChI is InChI=1S/C4H10O/c1-2-3-4-5/h5H,2-4H2,1H3/i1D3,2D2,3D2. The van der Waals surface area contributed by atoms with Crippen LogP contribution in [0.5, 0.6) is 0 Å². The Morgan fingerprint density at radius 3 is 3.20 bits per heavy atom. The Morgan fingerprint density at radius 1 is 2.20 bits per heavy atom. The van der Waals surface area contributed by atoms with Crippen LogP contribution in [-0.4, -0.2) is 11.7 Å². The van der Waals surface area contributed by atoms with Crippen LogP contribution in [0.3, 0.4) is 0 Å². The molecular weight excluding hydrogens is 64.0 g/mol. The fourth-order valence-electron chi connectivity index (χ4n) is 0.0395. The first-order valence-electron chi connectivity index (χ1n) is 4.67. The second-order valence-electron chi connectivity index (χ2n) is 0.460. The molecule has 0 spiro atoms. The molecule has 0 unspecified atom stereocenters. The Bertz CT molecular complexity index is 159. The van der Waals surface area contributed by atoms with Gasteiger partial charge in [-0.05, 0) is 6.37 Å². The van der Waals surface area contributed by atoms with Crippen LogP contribution in [0, 0.1) is 0 Å². The van der Waals surface area contributed by atoms with E-state index in [0.29, 0.717) is 0 Å². The summed E-state index contributed by atoms with van der Waals surface area (Å²) in [5.74, 6) is 0. The number of aliphatic hydroxyl groups is 1. The minimum atomic E-state index is -3.07. The molecule has 1 heteroatoms. The van der Waals surface area contributed by atoms with E-state index in [9.17, 15) is 0 Å². The first kappa shape index (κ1) is 0.648. The maximum atomic E-state index is 8.43. The van der Waals surface area contributed by atoms with Gasteiger partial charge in [-0.3, -0.25) is 0 Å². The molecule has 0 aromatic rings. The molecule has 0 fully saturated rings. The van der Waals surface area contributed by atoms with Crippen LogP contribution in [0.1, 0.15) is 29.2 Å². The van der Waals surface area contributed by atoms with Crippen LogP contribution in [-0.2, 0) is 0 Å². The zero-order chi connectivity index (χ0) is 10.2. The zero-order valence-electron chi connectivity index (χ0n) is 9.65. The first-order valence-corrected chi connectivity index (χ1v) is 1.17. The SMILES string of the molecule is [2H]C([2H])([2H])C([2H])([2H])C([2H])([2H])CO. The normalized spacial score (nSPS) is 37.4. The number of hydrogen-bond acceptors (Lipinski definition) is 1. The fraction of sp³-hybridized carbons (Fsp3) is 1.00. The lowest BCUT2D eigenvalue weighted by atomic mass is 10.4. The predicted molar refractivity (Wildman–Crippen MR) is 22.0 cm³/mol. The molecule has 0 bridgehead atoms. The van der Waals surface area contributed by atoms with Crippen molar-refractivity contribution < 1.29 is 14.7 Å². The average molecular weight is 81.2 g/mol. The highest BCUT2D eigenvalue weighted by Crippen LogP contribution is 1.78. The monoisotopic (exact) mass is 81.1 g/mol. The van der Waals surface area contributed by atoms with Gasteiger partial charge in [-0.25, -0.2) is 0 Å². The summed E-state index contributed by atoms with van der Waals surface area (Å²) in [6.07, 6.45) is -5.78. The minimum absolute atomic E-state index is 1.15. The molecule has 0 saturated carbocycles. The van der Waals surface area contributed by atoms with Gasteiger partial charge in [0.05, 0.1) is 0 Å². The van der Waals surface area contributed by atoms with Gasteiger partial charge < -0.3 is 5.11 Å². The second kappa shape index (κ2) is 3.96. The lowest BCUT2D eigenvalue weighted by Crippen LogP contribution is -1.75. The van der Waals surface area contributed by atoms with Crippen molar-refractivity contribution in [1.29, 1.82) is 0 Å². The molecule has 0 aromatic carbocycles. The van der Waals surface area contributed by atoms with E-state index in [1.165, 1.54) is 0 Å². The molecule has 5 heavy (non-hydrogen) atoms. The molecule has 1 nitrogen and oxygen atoms in total. The Labute approximate surface area is 42.5 Å². The molecule has 0 amide bonds. The maximum absolute atomic E-state index is 8.43. The van der Waals surface area contributed by atoms with E-state index in [1.54, 1.807) is 0 Å². The van der Waals surface area contributed by atoms with E-state index in [1.807, 2.05) is 0 Å². The van der Waals surface area contributed by atoms with Gasteiger partial charge in [0.1, 0.15) is 0 Å². The Kier molecular flexibility index (Phi) is 0.513. The number of hydrogen-bond donors (Lipinski definition) is 1. The van der Waals surface area contributed by atoms with E-state index in [0.717, 1.165) is 0 Å². The van der Waals surface area contributed by atoms with Gasteiger partial charge in [0, 0.05) is 16.2 Å². The molecule has 0 radical (unpaired) electrons. The molecule has 0 atom stereocenters. The van der Waals surface area contributed by atoms with Crippen molar-refractivity contribution in [2.45, 2.75) is 19.6 Å². The Morgan fingerprint density at radius 2 is 3.00 bits per heavy atom. The highest BCUT2D eigenvalue weighted by molar-refractivity contribution is 4.23. The van der Waals surface area contributed by atoms with Crippen molar-refractivity contribution in [2.24, 2.45) is 0 Å². The molecule has 0 aliphatic heterocycles. The van der Waals surface area contributed by atoms with Crippen molar-refractivity contribution in [3.05, 3.63) is 0 Å². The summed E-state index contributed by atoms with van der Waals surface area (Å²) in [6, 6.07) is 0. The predicted octanol–water partition coefficient (Wildman–Crippen LogP) is 0.779. The van der Waals surface area contributed by atoms with Gasteiger partial charge in [-0.15, -0.1) is 0 Å². The largest absolute Gasteiger partial charge is 0.396 e. The third kappa shape index (κ3) is 3.96. The van der Waals surface area contributed by atoms with Crippen molar-refractivity contribution in [3.8, 4) is 0 Å². The van der Waals surface area contributed by atoms with E-state index in [-0.39, 0.29) is 0 Å². The van der Waals surface area contributed by atoms with Crippen LogP contribution in [0.2, 0.25) is 0 Å². The average Bonchev–Trinajstić information content (AvgIpc) is 1.85. The summed E-state index contributed by atoms with van der Waals surface area (Å²) in [7, 11) is 0. The van der Waals surface area contributed by atoms with Gasteiger partial charge in [0.2, 0.25) is 0 Å². The molecule has 0 rings (SSSR count). The van der Waals surface area contributed by atoms with Crippen LogP contribution in [0.4, 0.5) is 0 Å². The summed E-state index contributed by atoms with van der Waals surface area (Å²) in [6.45, 7) is -4.22. The third-order valence-corrected chi connectivity index (χ3v) is 0.167. The lowest BCUT2D eigenvalue weighted by molar-refractivity contribution is 0.287. The zero-order valence-corrected chi connectivity index (χ0v) is 2.65. The van der Waals surface area contributed by atoms with Gasteiger partial charge in [-0.2, -0.15) is 0 Å². The first-order chi connectivity index (χ1) is 5.06. The molecular formula is C4H10O. The van der Waals surface area contributed by atoms with Gasteiger partial charge in [0.25, 0.3) is 0 Å². The van der Waals surface area contributed by atoms with E-state index >= 15 is 0 Å². The highest BCUT2D eigenvalue weighted by atomic mass is 16.2. The van der Waals surface area contributed by atoms with E-state index in [2.05, 4.69) is 0 Å². The van der Waals surface area contributed by atoms with E-state index in [4.69, 9.17) is 14.7 Å². The van der Waals surface area contributed by atoms with Gasteiger partial charge >= 0.3 is 0 Å². The summed E-state index contributed by atoms with van der Waals surface area (Å²) in [5.41, 5.74) is 0. The Hall–Kier alpha value is -0.0400. The van der Waals surface area contributed by atoms with Crippen LogP contribution >= 0.6 is 0 Å². The van der Waals surface area contributed by atoms with Crippen molar-refractivity contribution >= 4 is 0 Å². The summed E-state index contributed by atoms with van der Waals surface area (Å²) in [4.78, 5) is 0. The molecule has 1 N–H and O–H groups in total. The molecule has 32 valence electrons. The van der Waals surface area contributed by atoms with Crippen molar-refractivity contribution in [1.82, 2.24) is 0 Å². The van der Waals surface area contributed by atoms with Crippen LogP contribution in [0.25, 0.3) is 0 Å². The fourth-order valence-corrected chi connectivity index (χ4v) is 0.0395. The topological polar surface area (TPSA) is 20.2 Å². The molecule has 0 aliphatic carbocycles. The molecule has 0 aromatic heterocycles. The highest BCUT2D eigenvalue weighted by Gasteiger charge is 1.69. The second-order valence-corrected chi connectivity index (χ2v) is 0.460. The quantitative estimate of drug-likeness (QED) is 0.520. The van der Waals surface area contributed by atoms with Crippen molar-refractivity contribution in [3.63, 3.8) is 0 Å². The molecule has 0 heterocycles. The third-order valence-electron chi connectivity index (χ3n) is 0.167. The summed E-state index contributed by atoms with van der Waals surface area (Å²) >= 11 is 0. The van der Waals surface area contributed by atoms with Gasteiger partial charge in [-0.1, -0.05) is 13.2 Å². The van der Waals surface area contributed by atoms with Gasteiger partial charge in [0.15, 0.2) is 0 Å². The summed E-state index contributed by atoms with van der Waals surface area (Å²) in [5, 5.41) is 8.43. The van der Waals surface area contributed by atoms with Crippen molar-refractivity contribution in [2.75, 3.05) is 6.61 Å². The lowest BCUT2D eigenvalue weighted by Gasteiger charge is -1.79. The maximum Gasteiger partial charge on any atom is 0.0430 e. The van der Waals surface area contributed by atoms with Crippen LogP contribution < -0.4 is 0 Å². The molecule has 0 aliphatic rings. The molecule has 0 saturated heterocycles. The summed E-state index contributed by atoms with van der Waals surface area (Å²) < 4.78 is 47.8. The number of aliphatic hydroxyl groups excluding tert-OH is 1. The van der Waals surface area contributed by atoms with E-state index < -0.39 is 26.2 Å². The Balaban J connectivity index is 4.85. The minimum Gasteiger partial charge on any atom is -0.396 e. The smallest absolute Gasteiger partial charge is 0.0430 e. The number of rotatable bonds is 2. The van der Waals surface area contributed by atoms with Crippen LogP contribution in [0.15, 0.2) is 0 Å².